The van der Waals surface area contributed by atoms with Crippen molar-refractivity contribution in [2.24, 2.45) is 5.92 Å². The molecule has 2 atom stereocenters. The van der Waals surface area contributed by atoms with Gasteiger partial charge in [-0.3, -0.25) is 14.7 Å². The minimum atomic E-state index is -0.622. The van der Waals surface area contributed by atoms with E-state index in [2.05, 4.69) is 46.0 Å². The number of likely N-dealkylation sites (tertiary alicyclic amines) is 1. The molecule has 2 aliphatic rings. The molecule has 2 aromatic carbocycles. The fourth-order valence-corrected chi connectivity index (χ4v) is 5.50. The Balaban J connectivity index is 1.10. The molecule has 190 valence electrons. The van der Waals surface area contributed by atoms with Crippen molar-refractivity contribution >= 4 is 22.5 Å². The molecule has 2 unspecified atom stereocenters. The lowest BCUT2D eigenvalue weighted by Crippen LogP contribution is -2.53. The first-order chi connectivity index (χ1) is 17.6. The predicted octanol–water partition coefficient (Wildman–Crippen LogP) is 3.34. The van der Waals surface area contributed by atoms with Crippen LogP contribution in [0.5, 0.6) is 5.75 Å². The smallest absolute Gasteiger partial charge is 0.227 e. The minimum Gasteiger partial charge on any atom is -0.490 e. The molecule has 5 rings (SSSR count). The number of hydrogen-bond acceptors (Lipinski definition) is 6. The van der Waals surface area contributed by atoms with Crippen LogP contribution in [0, 0.1) is 12.8 Å². The Morgan fingerprint density at radius 2 is 1.89 bits per heavy atom. The van der Waals surface area contributed by atoms with Crippen LogP contribution in [0.25, 0.3) is 10.9 Å². The van der Waals surface area contributed by atoms with Crippen molar-refractivity contribution in [1.29, 1.82) is 0 Å². The molecule has 2 fully saturated rings. The lowest BCUT2D eigenvalue weighted by molar-refractivity contribution is -0.137. The van der Waals surface area contributed by atoms with Crippen LogP contribution < -0.4 is 9.64 Å². The first kappa shape index (κ1) is 24.5. The number of para-hydroxylation sites is 1. The number of piperidine rings is 1. The van der Waals surface area contributed by atoms with Crippen molar-refractivity contribution < 1.29 is 14.6 Å². The van der Waals surface area contributed by atoms with Crippen LogP contribution in [0.3, 0.4) is 0 Å². The number of aliphatic hydroxyl groups is 1. The zero-order valence-electron chi connectivity index (χ0n) is 21.1. The third-order valence-electron chi connectivity index (χ3n) is 7.41. The van der Waals surface area contributed by atoms with Crippen LogP contribution in [-0.4, -0.2) is 84.3 Å². The number of pyridine rings is 1. The lowest BCUT2D eigenvalue weighted by Gasteiger charge is -2.40. The van der Waals surface area contributed by atoms with Gasteiger partial charge in [0.1, 0.15) is 18.5 Å². The summed E-state index contributed by atoms with van der Waals surface area (Å²) in [5.74, 6) is 0.996. The number of amides is 1. The normalized spacial score (nSPS) is 19.9. The Morgan fingerprint density at radius 3 is 2.72 bits per heavy atom. The van der Waals surface area contributed by atoms with Crippen molar-refractivity contribution in [2.75, 3.05) is 57.3 Å². The lowest BCUT2D eigenvalue weighted by atomic mass is 9.96. The summed E-state index contributed by atoms with van der Waals surface area (Å²) in [5, 5.41) is 11.6. The zero-order chi connectivity index (χ0) is 24.9. The van der Waals surface area contributed by atoms with Crippen molar-refractivity contribution in [3.05, 3.63) is 66.4 Å². The van der Waals surface area contributed by atoms with Gasteiger partial charge < -0.3 is 19.6 Å². The summed E-state index contributed by atoms with van der Waals surface area (Å²) in [7, 11) is 0. The molecule has 0 spiro atoms. The van der Waals surface area contributed by atoms with Crippen molar-refractivity contribution in [1.82, 2.24) is 14.8 Å². The van der Waals surface area contributed by atoms with E-state index in [-0.39, 0.29) is 18.4 Å². The van der Waals surface area contributed by atoms with E-state index in [1.165, 1.54) is 11.3 Å². The summed E-state index contributed by atoms with van der Waals surface area (Å²) < 4.78 is 5.95. The fraction of sp³-hybridized carbons (Fsp3) is 0.448. The second kappa shape index (κ2) is 11.3. The Morgan fingerprint density at radius 1 is 1.06 bits per heavy atom. The van der Waals surface area contributed by atoms with E-state index >= 15 is 0 Å². The average molecular weight is 489 g/mol. The molecule has 2 aliphatic heterocycles. The van der Waals surface area contributed by atoms with Gasteiger partial charge in [0.15, 0.2) is 0 Å². The number of β-amino-alcohol motifs (C(OH)–C–C–N with tert-alkyl or cyclic N) is 1. The van der Waals surface area contributed by atoms with E-state index < -0.39 is 6.10 Å². The van der Waals surface area contributed by atoms with E-state index in [4.69, 9.17) is 4.74 Å². The van der Waals surface area contributed by atoms with Gasteiger partial charge in [-0.2, -0.15) is 0 Å². The maximum Gasteiger partial charge on any atom is 0.227 e. The molecule has 1 amide bonds. The molecule has 0 radical (unpaired) electrons. The van der Waals surface area contributed by atoms with Crippen LogP contribution in [0.4, 0.5) is 5.69 Å². The maximum absolute atomic E-state index is 13.3. The van der Waals surface area contributed by atoms with Gasteiger partial charge in [-0.15, -0.1) is 0 Å². The molecule has 7 nitrogen and oxygen atoms in total. The van der Waals surface area contributed by atoms with Gasteiger partial charge in [0, 0.05) is 56.5 Å². The number of hydrogen-bond donors (Lipinski definition) is 1. The summed E-state index contributed by atoms with van der Waals surface area (Å²) in [6, 6.07) is 18.1. The number of carbonyl (C=O) groups excluding carboxylic acids is 1. The Kier molecular flexibility index (Phi) is 7.68. The second-order valence-electron chi connectivity index (χ2n) is 9.99. The fourth-order valence-electron chi connectivity index (χ4n) is 5.50. The molecule has 1 aromatic heterocycles. The summed E-state index contributed by atoms with van der Waals surface area (Å²) in [6.07, 6.45) is 3.04. The molecular formula is C29H36N4O3. The molecule has 2 saturated heterocycles. The van der Waals surface area contributed by atoms with Crippen LogP contribution in [-0.2, 0) is 4.79 Å². The highest BCUT2D eigenvalue weighted by Crippen LogP contribution is 2.25. The van der Waals surface area contributed by atoms with Crippen molar-refractivity contribution in [3.63, 3.8) is 0 Å². The SMILES string of the molecule is Cc1ccccc1N1CCN(C(=O)C2CCCN(CC(O)COc3cccc4ncccc34)C2)CC1. The highest BCUT2D eigenvalue weighted by molar-refractivity contribution is 5.84. The van der Waals surface area contributed by atoms with Gasteiger partial charge in [0.05, 0.1) is 11.4 Å². The Labute approximate surface area is 213 Å². The molecule has 3 aromatic rings. The van der Waals surface area contributed by atoms with Crippen molar-refractivity contribution in [3.8, 4) is 5.75 Å². The number of anilines is 1. The first-order valence-corrected chi connectivity index (χ1v) is 13.0. The second-order valence-corrected chi connectivity index (χ2v) is 9.99. The first-order valence-electron chi connectivity index (χ1n) is 13.0. The van der Waals surface area contributed by atoms with E-state index in [0.29, 0.717) is 13.1 Å². The van der Waals surface area contributed by atoms with E-state index in [0.717, 1.165) is 62.2 Å². The van der Waals surface area contributed by atoms with Crippen LogP contribution in [0.15, 0.2) is 60.8 Å². The monoisotopic (exact) mass is 488 g/mol. The molecule has 0 bridgehead atoms. The molecule has 0 aliphatic carbocycles. The van der Waals surface area contributed by atoms with Gasteiger partial charge >= 0.3 is 0 Å². The molecule has 7 heteroatoms. The topological polar surface area (TPSA) is 69.1 Å². The molecule has 3 heterocycles. The Bertz CT molecular complexity index is 1170. The number of fused-ring (bicyclic) bond motifs is 1. The molecule has 36 heavy (non-hydrogen) atoms. The van der Waals surface area contributed by atoms with E-state index in [9.17, 15) is 9.90 Å². The molecule has 0 saturated carbocycles. The number of piperazine rings is 1. The Hall–Kier alpha value is -3.16. The number of carbonyl (C=O) groups is 1. The predicted molar refractivity (Wildman–Crippen MR) is 142 cm³/mol. The quantitative estimate of drug-likeness (QED) is 0.550. The number of aliphatic hydroxyl groups excluding tert-OH is 1. The number of ether oxygens (including phenoxy) is 1. The van der Waals surface area contributed by atoms with Crippen LogP contribution in [0.1, 0.15) is 18.4 Å². The number of rotatable bonds is 7. The molecular weight excluding hydrogens is 452 g/mol. The van der Waals surface area contributed by atoms with Gasteiger partial charge in [0.25, 0.3) is 0 Å². The van der Waals surface area contributed by atoms with Gasteiger partial charge in [-0.1, -0.05) is 24.3 Å². The molecule has 1 N–H and O–H groups in total. The minimum absolute atomic E-state index is 0.000945. The summed E-state index contributed by atoms with van der Waals surface area (Å²) in [6.45, 7) is 7.73. The van der Waals surface area contributed by atoms with E-state index in [1.807, 2.05) is 35.2 Å². The maximum atomic E-state index is 13.3. The number of nitrogens with zero attached hydrogens (tertiary/aromatic N) is 4. The average Bonchev–Trinajstić information content (AvgIpc) is 2.92. The van der Waals surface area contributed by atoms with Gasteiger partial charge in [-0.25, -0.2) is 0 Å². The van der Waals surface area contributed by atoms with Gasteiger partial charge in [0.2, 0.25) is 5.91 Å². The number of aryl methyl sites for hydroxylation is 1. The summed E-state index contributed by atoms with van der Waals surface area (Å²) in [4.78, 5) is 24.3. The third-order valence-corrected chi connectivity index (χ3v) is 7.41. The third kappa shape index (κ3) is 5.63. The van der Waals surface area contributed by atoms with E-state index in [1.54, 1.807) is 6.20 Å². The highest BCUT2D eigenvalue weighted by atomic mass is 16.5. The summed E-state index contributed by atoms with van der Waals surface area (Å²) >= 11 is 0. The highest BCUT2D eigenvalue weighted by Gasteiger charge is 2.31. The number of benzene rings is 2. The van der Waals surface area contributed by atoms with Crippen LogP contribution >= 0.6 is 0 Å². The van der Waals surface area contributed by atoms with Crippen molar-refractivity contribution in [2.45, 2.75) is 25.9 Å². The largest absolute Gasteiger partial charge is 0.490 e. The zero-order valence-corrected chi connectivity index (χ0v) is 21.1. The summed E-state index contributed by atoms with van der Waals surface area (Å²) in [5.41, 5.74) is 3.42. The van der Waals surface area contributed by atoms with Crippen LogP contribution in [0.2, 0.25) is 0 Å². The standard InChI is InChI=1S/C29H36N4O3/c1-22-7-2-3-11-27(22)32-15-17-33(18-16-32)29(35)23-8-6-14-31(19-23)20-24(34)21-36-28-12-4-10-26-25(28)9-5-13-30-26/h2-5,7,9-13,23-24,34H,6,8,14-21H2,1H3. The van der Waals surface area contributed by atoms with Gasteiger partial charge in [-0.05, 0) is 62.2 Å². The number of aromatic nitrogens is 1.